The molecule has 1 aliphatic heterocycles. The predicted octanol–water partition coefficient (Wildman–Crippen LogP) is 7.65. The lowest BCUT2D eigenvalue weighted by Gasteiger charge is -2.39. The van der Waals surface area contributed by atoms with Crippen LogP contribution < -0.4 is 15.5 Å². The number of aromatic nitrogens is 2. The van der Waals surface area contributed by atoms with Gasteiger partial charge >= 0.3 is 5.97 Å². The number of carboxylic acids is 1. The van der Waals surface area contributed by atoms with Crippen LogP contribution in [-0.2, 0) is 21.4 Å². The third kappa shape index (κ3) is 9.36. The predicted molar refractivity (Wildman–Crippen MR) is 203 cm³/mol. The summed E-state index contributed by atoms with van der Waals surface area (Å²) in [6.07, 6.45) is 15.9. The molecule has 3 fully saturated rings. The number of thiophene rings is 1. The molecule has 9 nitrogen and oxygen atoms in total. The van der Waals surface area contributed by atoms with Crippen molar-refractivity contribution >= 4 is 34.8 Å². The van der Waals surface area contributed by atoms with Gasteiger partial charge in [-0.2, -0.15) is 0 Å². The average molecular weight is 714 g/mol. The largest absolute Gasteiger partial charge is 0.481 e. The zero-order valence-electron chi connectivity index (χ0n) is 30.7. The Kier molecular flexibility index (Phi) is 11.8. The quantitative estimate of drug-likeness (QED) is 0.176. The van der Waals surface area contributed by atoms with Gasteiger partial charge < -0.3 is 20.6 Å². The summed E-state index contributed by atoms with van der Waals surface area (Å²) in [6.45, 7) is 10.7. The van der Waals surface area contributed by atoms with Gasteiger partial charge in [-0.1, -0.05) is 77.6 Å². The summed E-state index contributed by atoms with van der Waals surface area (Å²) >= 11 is 1.43. The molecular weight excluding hydrogens is 659 g/mol. The van der Waals surface area contributed by atoms with Gasteiger partial charge in [0.1, 0.15) is 6.04 Å². The van der Waals surface area contributed by atoms with Gasteiger partial charge in [-0.25, -0.2) is 9.97 Å². The molecule has 0 spiro atoms. The Morgan fingerprint density at radius 3 is 2.16 bits per heavy atom. The second-order valence-electron chi connectivity index (χ2n) is 16.2. The van der Waals surface area contributed by atoms with Gasteiger partial charge in [0.05, 0.1) is 28.9 Å². The molecule has 3 aromatic rings. The van der Waals surface area contributed by atoms with Crippen LogP contribution in [-0.4, -0.2) is 58.0 Å². The number of carbonyl (C=O) groups excluding carboxylic acids is 2. The SMILES string of the molecule is CCCC1CCC(C2CCN(c3cnc(-c4ccc(C[C@H](NC(=O)c5ccc(C(C)(C)C)s5)C(=O)N[C@H]5C[C@H](C(=O)O)C5)cc4)nc3)CC2)CC1. The topological polar surface area (TPSA) is 125 Å². The van der Waals surface area contributed by atoms with Crippen molar-refractivity contribution in [2.75, 3.05) is 18.0 Å². The van der Waals surface area contributed by atoms with Crippen molar-refractivity contribution in [3.63, 3.8) is 0 Å². The van der Waals surface area contributed by atoms with E-state index in [0.29, 0.717) is 30.0 Å². The van der Waals surface area contributed by atoms with Crippen molar-refractivity contribution in [1.82, 2.24) is 20.6 Å². The number of anilines is 1. The molecule has 1 saturated heterocycles. The average Bonchev–Trinajstić information content (AvgIpc) is 3.62. The van der Waals surface area contributed by atoms with Crippen LogP contribution in [0.1, 0.15) is 112 Å². The lowest BCUT2D eigenvalue weighted by molar-refractivity contribution is -0.146. The Labute approximate surface area is 307 Å². The minimum atomic E-state index is -0.841. The first-order valence-corrected chi connectivity index (χ1v) is 19.9. The molecule has 2 saturated carbocycles. The monoisotopic (exact) mass is 713 g/mol. The first-order chi connectivity index (χ1) is 24.5. The number of rotatable bonds is 12. The Bertz CT molecular complexity index is 1630. The zero-order chi connectivity index (χ0) is 36.1. The Hall–Kier alpha value is -3.79. The summed E-state index contributed by atoms with van der Waals surface area (Å²) in [4.78, 5) is 51.6. The highest BCUT2D eigenvalue weighted by atomic mass is 32.1. The number of carboxylic acid groups (broad SMARTS) is 1. The van der Waals surface area contributed by atoms with E-state index in [1.54, 1.807) is 6.07 Å². The Morgan fingerprint density at radius 1 is 0.922 bits per heavy atom. The van der Waals surface area contributed by atoms with E-state index in [-0.39, 0.29) is 23.3 Å². The highest BCUT2D eigenvalue weighted by Gasteiger charge is 2.37. The first kappa shape index (κ1) is 37.0. The second kappa shape index (κ2) is 16.3. The molecule has 3 aliphatic rings. The number of aliphatic carboxylic acids is 1. The van der Waals surface area contributed by atoms with Crippen molar-refractivity contribution in [3.05, 3.63) is 64.1 Å². The number of carbonyl (C=O) groups is 3. The van der Waals surface area contributed by atoms with Crippen LogP contribution in [0.5, 0.6) is 0 Å². The van der Waals surface area contributed by atoms with Crippen molar-refractivity contribution in [3.8, 4) is 11.4 Å². The number of hydrogen-bond acceptors (Lipinski definition) is 7. The van der Waals surface area contributed by atoms with E-state index in [9.17, 15) is 19.5 Å². The minimum absolute atomic E-state index is 0.0829. The molecule has 274 valence electrons. The molecule has 1 atom stereocenters. The number of hydrogen-bond donors (Lipinski definition) is 3. The lowest BCUT2D eigenvalue weighted by Crippen LogP contribution is -2.54. The van der Waals surface area contributed by atoms with Crippen LogP contribution in [0.3, 0.4) is 0 Å². The highest BCUT2D eigenvalue weighted by molar-refractivity contribution is 7.14. The van der Waals surface area contributed by atoms with E-state index in [2.05, 4.69) is 43.2 Å². The second-order valence-corrected chi connectivity index (χ2v) is 17.3. The molecule has 2 aromatic heterocycles. The normalized spacial score (nSPS) is 23.3. The minimum Gasteiger partial charge on any atom is -0.481 e. The van der Waals surface area contributed by atoms with Gasteiger partial charge in [0.25, 0.3) is 5.91 Å². The third-order valence-corrected chi connectivity index (χ3v) is 13.0. The van der Waals surface area contributed by atoms with E-state index >= 15 is 0 Å². The maximum atomic E-state index is 13.4. The number of amides is 2. The van der Waals surface area contributed by atoms with Gasteiger partial charge in [0, 0.05) is 36.0 Å². The van der Waals surface area contributed by atoms with Gasteiger partial charge in [-0.3, -0.25) is 14.4 Å². The maximum absolute atomic E-state index is 13.4. The summed E-state index contributed by atoms with van der Waals surface area (Å²) < 4.78 is 0. The molecule has 0 unspecified atom stereocenters. The maximum Gasteiger partial charge on any atom is 0.306 e. The molecule has 6 rings (SSSR count). The molecule has 0 bridgehead atoms. The zero-order valence-corrected chi connectivity index (χ0v) is 31.5. The number of piperidine rings is 1. The van der Waals surface area contributed by atoms with Crippen LogP contribution >= 0.6 is 11.3 Å². The molecule has 2 amide bonds. The summed E-state index contributed by atoms with van der Waals surface area (Å²) in [6, 6.07) is 10.6. The van der Waals surface area contributed by atoms with E-state index in [1.165, 1.54) is 62.7 Å². The molecule has 51 heavy (non-hydrogen) atoms. The Morgan fingerprint density at radius 2 is 1.57 bits per heavy atom. The molecule has 0 radical (unpaired) electrons. The van der Waals surface area contributed by atoms with Crippen LogP contribution in [0.2, 0.25) is 0 Å². The number of nitrogens with one attached hydrogen (secondary N) is 2. The van der Waals surface area contributed by atoms with Crippen molar-refractivity contribution in [2.45, 2.75) is 116 Å². The van der Waals surface area contributed by atoms with Crippen LogP contribution in [0.15, 0.2) is 48.8 Å². The summed E-state index contributed by atoms with van der Waals surface area (Å²) in [5.74, 6) is 1.48. The molecular formula is C41H55N5O4S. The van der Waals surface area contributed by atoms with Crippen molar-refractivity contribution < 1.29 is 19.5 Å². The van der Waals surface area contributed by atoms with Crippen LogP contribution in [0.4, 0.5) is 5.69 Å². The van der Waals surface area contributed by atoms with Crippen molar-refractivity contribution in [1.29, 1.82) is 0 Å². The van der Waals surface area contributed by atoms with Gasteiger partial charge in [0.15, 0.2) is 5.82 Å². The first-order valence-electron chi connectivity index (χ1n) is 19.1. The fraction of sp³-hybridized carbons (Fsp3) is 0.585. The smallest absolute Gasteiger partial charge is 0.306 e. The van der Waals surface area contributed by atoms with Crippen LogP contribution in [0, 0.1) is 23.7 Å². The molecule has 3 heterocycles. The Balaban J connectivity index is 1.05. The summed E-state index contributed by atoms with van der Waals surface area (Å²) in [5.41, 5.74) is 2.76. The fourth-order valence-electron chi connectivity index (χ4n) is 8.19. The third-order valence-electron chi connectivity index (χ3n) is 11.5. The van der Waals surface area contributed by atoms with E-state index in [4.69, 9.17) is 9.97 Å². The number of nitrogens with zero attached hydrogens (tertiary/aromatic N) is 3. The lowest BCUT2D eigenvalue weighted by atomic mass is 9.72. The van der Waals surface area contributed by atoms with Gasteiger partial charge in [-0.15, -0.1) is 11.3 Å². The van der Waals surface area contributed by atoms with Gasteiger partial charge in [-0.05, 0) is 79.4 Å². The standard InChI is InChI=1S/C41H55N5O4S/c1-5-6-26-7-11-28(12-8-26)29-17-19-46(20-18-29)33-24-42-37(43-25-33)30-13-9-27(10-14-30)21-34(38(47)44-32-22-31(23-32)40(49)50)45-39(48)35-15-16-36(51-35)41(2,3)4/h9-10,13-16,24-26,28-29,31-32,34H,5-8,11-12,17-23H2,1-4H3,(H,44,47)(H,45,48)(H,49,50)/t26?,28?,31-,32-,34-/m0/s1. The fourth-order valence-corrected chi connectivity index (χ4v) is 9.15. The van der Waals surface area contributed by atoms with Crippen molar-refractivity contribution in [2.24, 2.45) is 23.7 Å². The number of benzene rings is 1. The van der Waals surface area contributed by atoms with Gasteiger partial charge in [0.2, 0.25) is 5.91 Å². The molecule has 2 aliphatic carbocycles. The summed E-state index contributed by atoms with van der Waals surface area (Å²) in [7, 11) is 0. The van der Waals surface area contributed by atoms with E-state index < -0.39 is 17.9 Å². The molecule has 10 heteroatoms. The molecule has 3 N–H and O–H groups in total. The highest BCUT2D eigenvalue weighted by Crippen LogP contribution is 2.40. The van der Waals surface area contributed by atoms with E-state index in [1.807, 2.05) is 42.7 Å². The molecule has 1 aromatic carbocycles. The summed E-state index contributed by atoms with van der Waals surface area (Å²) in [5, 5.41) is 15.2. The van der Waals surface area contributed by atoms with E-state index in [0.717, 1.165) is 52.5 Å². The van der Waals surface area contributed by atoms with Crippen LogP contribution in [0.25, 0.3) is 11.4 Å².